The van der Waals surface area contributed by atoms with Gasteiger partial charge < -0.3 is 9.47 Å². The summed E-state index contributed by atoms with van der Waals surface area (Å²) >= 11 is 3.49. The average Bonchev–Trinajstić information content (AvgIpc) is 2.69. The van der Waals surface area contributed by atoms with Gasteiger partial charge in [0.1, 0.15) is 11.5 Å². The number of benzene rings is 2. The van der Waals surface area contributed by atoms with Crippen molar-refractivity contribution < 1.29 is 9.47 Å². The molecule has 0 fully saturated rings. The second kappa shape index (κ2) is 12.3. The van der Waals surface area contributed by atoms with Crippen molar-refractivity contribution >= 4 is 26.7 Å². The van der Waals surface area contributed by atoms with Gasteiger partial charge in [0.15, 0.2) is 0 Å². The lowest BCUT2D eigenvalue weighted by atomic mass is 10.00. The summed E-state index contributed by atoms with van der Waals surface area (Å²) in [5.74, 6) is 2.63. The molecule has 0 saturated heterocycles. The molecule has 0 spiro atoms. The first-order valence-electron chi connectivity index (χ1n) is 10.5. The van der Waals surface area contributed by atoms with E-state index in [1.54, 1.807) is 0 Å². The van der Waals surface area contributed by atoms with Crippen LogP contribution in [0.15, 0.2) is 30.3 Å². The Bertz CT molecular complexity index is 683. The fourth-order valence-corrected chi connectivity index (χ4v) is 3.81. The summed E-state index contributed by atoms with van der Waals surface area (Å²) in [6.07, 6.45) is 8.44. The molecule has 1 unspecified atom stereocenters. The first-order valence-corrected chi connectivity index (χ1v) is 11.7. The van der Waals surface area contributed by atoms with E-state index in [2.05, 4.69) is 67.0 Å². The van der Waals surface area contributed by atoms with Gasteiger partial charge in [-0.2, -0.15) is 0 Å². The molecule has 0 aliphatic rings. The monoisotopic (exact) mass is 434 g/mol. The SMILES string of the molecule is CCCCC(CC)COc1c(C)cc(OCCCCCBr)c2ccccc12. The fourth-order valence-electron chi connectivity index (χ4n) is 3.41. The molecule has 0 aliphatic heterocycles. The lowest BCUT2D eigenvalue weighted by Crippen LogP contribution is -2.12. The lowest BCUT2D eigenvalue weighted by Gasteiger charge is -2.19. The Morgan fingerprint density at radius 1 is 0.963 bits per heavy atom. The van der Waals surface area contributed by atoms with Crippen LogP contribution >= 0.6 is 15.9 Å². The van der Waals surface area contributed by atoms with E-state index in [9.17, 15) is 0 Å². The van der Waals surface area contributed by atoms with Crippen LogP contribution in [0, 0.1) is 12.8 Å². The van der Waals surface area contributed by atoms with Gasteiger partial charge in [-0.1, -0.05) is 73.3 Å². The van der Waals surface area contributed by atoms with E-state index in [1.807, 2.05) is 0 Å². The maximum Gasteiger partial charge on any atom is 0.130 e. The van der Waals surface area contributed by atoms with E-state index in [0.29, 0.717) is 5.92 Å². The number of rotatable bonds is 13. The topological polar surface area (TPSA) is 18.5 Å². The predicted molar refractivity (Wildman–Crippen MR) is 121 cm³/mol. The molecule has 2 aromatic carbocycles. The molecule has 0 heterocycles. The van der Waals surface area contributed by atoms with E-state index in [1.165, 1.54) is 43.9 Å². The maximum absolute atomic E-state index is 6.35. The highest BCUT2D eigenvalue weighted by molar-refractivity contribution is 9.09. The molecule has 0 aliphatic carbocycles. The zero-order chi connectivity index (χ0) is 19.5. The third-order valence-electron chi connectivity index (χ3n) is 5.19. The third-order valence-corrected chi connectivity index (χ3v) is 5.75. The van der Waals surface area contributed by atoms with Gasteiger partial charge in [0.25, 0.3) is 0 Å². The van der Waals surface area contributed by atoms with Gasteiger partial charge in [0, 0.05) is 16.1 Å². The molecule has 2 rings (SSSR count). The van der Waals surface area contributed by atoms with Gasteiger partial charge in [-0.25, -0.2) is 0 Å². The molecular formula is C24H35BrO2. The molecule has 0 aromatic heterocycles. The fraction of sp³-hybridized carbons (Fsp3) is 0.583. The van der Waals surface area contributed by atoms with Crippen molar-refractivity contribution in [2.45, 2.75) is 65.7 Å². The Morgan fingerprint density at radius 2 is 1.74 bits per heavy atom. The highest BCUT2D eigenvalue weighted by atomic mass is 79.9. The number of halogens is 1. The Kier molecular flexibility index (Phi) is 10.0. The summed E-state index contributed by atoms with van der Waals surface area (Å²) in [6.45, 7) is 8.22. The Balaban J connectivity index is 2.13. The summed E-state index contributed by atoms with van der Waals surface area (Å²) in [6, 6.07) is 10.6. The Labute approximate surface area is 173 Å². The van der Waals surface area contributed by atoms with Crippen molar-refractivity contribution in [1.29, 1.82) is 0 Å². The van der Waals surface area contributed by atoms with Crippen LogP contribution in [0.5, 0.6) is 11.5 Å². The van der Waals surface area contributed by atoms with E-state index >= 15 is 0 Å². The van der Waals surface area contributed by atoms with E-state index in [0.717, 1.165) is 47.4 Å². The van der Waals surface area contributed by atoms with Crippen molar-refractivity contribution in [2.75, 3.05) is 18.5 Å². The van der Waals surface area contributed by atoms with Gasteiger partial charge in [0.05, 0.1) is 13.2 Å². The Hall–Kier alpha value is -1.22. The molecule has 3 heteroatoms. The Morgan fingerprint density at radius 3 is 2.44 bits per heavy atom. The van der Waals surface area contributed by atoms with Crippen molar-refractivity contribution in [2.24, 2.45) is 5.92 Å². The largest absolute Gasteiger partial charge is 0.493 e. The summed E-state index contributed by atoms with van der Waals surface area (Å²) in [5.41, 5.74) is 1.16. The number of aryl methyl sites for hydroxylation is 1. The number of fused-ring (bicyclic) bond motifs is 1. The first kappa shape index (κ1) is 22.1. The molecular weight excluding hydrogens is 400 g/mol. The summed E-state index contributed by atoms with van der Waals surface area (Å²) in [5, 5.41) is 3.39. The molecule has 27 heavy (non-hydrogen) atoms. The summed E-state index contributed by atoms with van der Waals surface area (Å²) in [7, 11) is 0. The minimum Gasteiger partial charge on any atom is -0.493 e. The van der Waals surface area contributed by atoms with Crippen LogP contribution in [-0.2, 0) is 0 Å². The van der Waals surface area contributed by atoms with Crippen molar-refractivity contribution in [1.82, 2.24) is 0 Å². The second-order valence-electron chi connectivity index (χ2n) is 7.39. The lowest BCUT2D eigenvalue weighted by molar-refractivity contribution is 0.234. The number of hydrogen-bond acceptors (Lipinski definition) is 2. The second-order valence-corrected chi connectivity index (χ2v) is 8.18. The van der Waals surface area contributed by atoms with Crippen LogP contribution in [-0.4, -0.2) is 18.5 Å². The number of alkyl halides is 1. The van der Waals surface area contributed by atoms with Crippen LogP contribution < -0.4 is 9.47 Å². The van der Waals surface area contributed by atoms with Crippen LogP contribution in [0.25, 0.3) is 10.8 Å². The molecule has 0 saturated carbocycles. The van der Waals surface area contributed by atoms with Crippen molar-refractivity contribution in [3.05, 3.63) is 35.9 Å². The van der Waals surface area contributed by atoms with E-state index in [4.69, 9.17) is 9.47 Å². The minimum atomic E-state index is 0.633. The zero-order valence-electron chi connectivity index (χ0n) is 17.2. The van der Waals surface area contributed by atoms with Crippen LogP contribution in [0.4, 0.5) is 0 Å². The highest BCUT2D eigenvalue weighted by Gasteiger charge is 2.14. The molecule has 2 aromatic rings. The van der Waals surface area contributed by atoms with Crippen molar-refractivity contribution in [3.8, 4) is 11.5 Å². The minimum absolute atomic E-state index is 0.633. The summed E-state index contributed by atoms with van der Waals surface area (Å²) < 4.78 is 12.5. The van der Waals surface area contributed by atoms with Crippen LogP contribution in [0.2, 0.25) is 0 Å². The third kappa shape index (κ3) is 6.71. The van der Waals surface area contributed by atoms with E-state index in [-0.39, 0.29) is 0 Å². The van der Waals surface area contributed by atoms with Gasteiger partial charge in [0.2, 0.25) is 0 Å². The molecule has 0 N–H and O–H groups in total. The average molecular weight is 435 g/mol. The van der Waals surface area contributed by atoms with Crippen LogP contribution in [0.1, 0.15) is 64.4 Å². The van der Waals surface area contributed by atoms with Crippen molar-refractivity contribution in [3.63, 3.8) is 0 Å². The number of hydrogen-bond donors (Lipinski definition) is 0. The smallest absolute Gasteiger partial charge is 0.130 e. The molecule has 150 valence electrons. The van der Waals surface area contributed by atoms with Gasteiger partial charge in [-0.3, -0.25) is 0 Å². The first-order chi connectivity index (χ1) is 13.2. The van der Waals surface area contributed by atoms with Gasteiger partial charge in [-0.05, 0) is 50.2 Å². The summed E-state index contributed by atoms with van der Waals surface area (Å²) in [4.78, 5) is 0. The number of ether oxygens (including phenoxy) is 2. The molecule has 0 amide bonds. The zero-order valence-corrected chi connectivity index (χ0v) is 18.8. The van der Waals surface area contributed by atoms with E-state index < -0.39 is 0 Å². The van der Waals surface area contributed by atoms with Gasteiger partial charge in [-0.15, -0.1) is 0 Å². The molecule has 2 nitrogen and oxygen atoms in total. The standard InChI is InChI=1S/C24H35BrO2/c1-4-6-12-20(5-2)18-27-24-19(3)17-23(26-16-11-7-10-15-25)21-13-8-9-14-22(21)24/h8-9,13-14,17,20H,4-7,10-12,15-16,18H2,1-3H3. The van der Waals surface area contributed by atoms with Gasteiger partial charge >= 0.3 is 0 Å². The van der Waals surface area contributed by atoms with Crippen LogP contribution in [0.3, 0.4) is 0 Å². The highest BCUT2D eigenvalue weighted by Crippen LogP contribution is 2.37. The number of unbranched alkanes of at least 4 members (excludes halogenated alkanes) is 3. The molecule has 0 bridgehead atoms. The maximum atomic E-state index is 6.35. The normalized spacial score (nSPS) is 12.3. The molecule has 1 atom stereocenters. The predicted octanol–water partition coefficient (Wildman–Crippen LogP) is 7.69. The molecule has 0 radical (unpaired) electrons. The quantitative estimate of drug-likeness (QED) is 0.237.